The number of thiocarbonyl (C=S) groups is 1. The number of benzene rings is 3. The second kappa shape index (κ2) is 10.0. The van der Waals surface area contributed by atoms with Crippen LogP contribution in [-0.4, -0.2) is 21.8 Å². The molecule has 7 heteroatoms. The lowest BCUT2D eigenvalue weighted by Gasteiger charge is -2.27. The smallest absolute Gasteiger partial charge is 0.253 e. The molecule has 0 amide bonds. The molecule has 0 saturated carbocycles. The second-order valence-corrected chi connectivity index (χ2v) is 9.58. The lowest BCUT2D eigenvalue weighted by molar-refractivity contribution is 0.174. The molecule has 5 rings (SSSR count). The van der Waals surface area contributed by atoms with Crippen molar-refractivity contribution in [1.29, 1.82) is 0 Å². The largest absolute Gasteiger partial charge is 0.454 e. The fourth-order valence-corrected chi connectivity index (χ4v) is 4.69. The van der Waals surface area contributed by atoms with Crippen molar-refractivity contribution in [3.63, 3.8) is 0 Å². The van der Waals surface area contributed by atoms with Gasteiger partial charge < -0.3 is 24.7 Å². The van der Waals surface area contributed by atoms with Crippen molar-refractivity contribution in [3.8, 4) is 11.5 Å². The third-order valence-electron chi connectivity index (χ3n) is 6.48. The minimum Gasteiger partial charge on any atom is -0.454 e. The van der Waals surface area contributed by atoms with Gasteiger partial charge in [0.05, 0.1) is 6.54 Å². The normalized spacial score (nSPS) is 12.1. The number of aromatic nitrogens is 1. The summed E-state index contributed by atoms with van der Waals surface area (Å²) in [6.45, 7) is 7.32. The fraction of sp³-hybridized carbons (Fsp3) is 0.241. The Labute approximate surface area is 215 Å². The van der Waals surface area contributed by atoms with Gasteiger partial charge in [-0.05, 0) is 91.0 Å². The molecule has 0 atom stereocenters. The number of anilines is 1. The molecule has 6 nitrogen and oxygen atoms in total. The fourth-order valence-electron chi connectivity index (χ4n) is 4.45. The number of aryl methyl sites for hydroxylation is 3. The molecule has 0 unspecified atom stereocenters. The third-order valence-corrected chi connectivity index (χ3v) is 6.84. The third kappa shape index (κ3) is 5.06. The molecule has 2 N–H and O–H groups in total. The summed E-state index contributed by atoms with van der Waals surface area (Å²) < 4.78 is 11.0. The molecule has 0 spiro atoms. The predicted octanol–water partition coefficient (Wildman–Crippen LogP) is 5.84. The zero-order valence-corrected chi connectivity index (χ0v) is 21.5. The Morgan fingerprint density at radius 1 is 0.972 bits per heavy atom. The molecule has 1 aromatic heterocycles. The molecule has 0 saturated heterocycles. The van der Waals surface area contributed by atoms with Gasteiger partial charge in [0, 0.05) is 23.3 Å². The molecule has 184 valence electrons. The lowest BCUT2D eigenvalue weighted by Crippen LogP contribution is -2.35. The van der Waals surface area contributed by atoms with Crippen molar-refractivity contribution < 1.29 is 9.47 Å². The number of pyridine rings is 1. The molecule has 36 heavy (non-hydrogen) atoms. The van der Waals surface area contributed by atoms with E-state index in [1.807, 2.05) is 47.4 Å². The van der Waals surface area contributed by atoms with E-state index >= 15 is 0 Å². The van der Waals surface area contributed by atoms with Crippen LogP contribution in [0.1, 0.15) is 34.7 Å². The molecular formula is C29H29N3O3S. The number of rotatable bonds is 6. The number of fused-ring (bicyclic) bond motifs is 2. The Morgan fingerprint density at radius 3 is 2.58 bits per heavy atom. The van der Waals surface area contributed by atoms with Gasteiger partial charge >= 0.3 is 0 Å². The van der Waals surface area contributed by atoms with Crippen molar-refractivity contribution in [3.05, 3.63) is 98.8 Å². The summed E-state index contributed by atoms with van der Waals surface area (Å²) in [6, 6.07) is 20.2. The molecule has 4 aromatic rings. The number of nitrogens with one attached hydrogen (secondary N) is 2. The van der Waals surface area contributed by atoms with Crippen LogP contribution >= 0.6 is 12.2 Å². The first-order chi connectivity index (χ1) is 17.4. The van der Waals surface area contributed by atoms with E-state index in [9.17, 15) is 4.79 Å². The topological polar surface area (TPSA) is 66.6 Å². The lowest BCUT2D eigenvalue weighted by atomic mass is 10.1. The van der Waals surface area contributed by atoms with Gasteiger partial charge in [-0.25, -0.2) is 0 Å². The minimum absolute atomic E-state index is 0.114. The van der Waals surface area contributed by atoms with Gasteiger partial charge in [-0.15, -0.1) is 0 Å². The predicted molar refractivity (Wildman–Crippen MR) is 148 cm³/mol. The van der Waals surface area contributed by atoms with Crippen LogP contribution in [0.3, 0.4) is 0 Å². The van der Waals surface area contributed by atoms with E-state index in [1.54, 1.807) is 0 Å². The Morgan fingerprint density at radius 2 is 1.78 bits per heavy atom. The first-order valence-electron chi connectivity index (χ1n) is 12.1. The van der Waals surface area contributed by atoms with Crippen LogP contribution in [0.2, 0.25) is 0 Å². The van der Waals surface area contributed by atoms with E-state index in [1.165, 1.54) is 11.1 Å². The standard InChI is InChI=1S/C29H29N3O3S/c1-4-20-6-9-25-22(12-20)14-23(28(33)30-25)16-32(15-21-7-10-26-27(13-21)35-17-34-26)29(36)31-24-8-5-18(2)11-19(24)3/h5-14H,4,15-17H2,1-3H3,(H,30,33)(H,31,36). The average Bonchev–Trinajstić information content (AvgIpc) is 3.33. The van der Waals surface area contributed by atoms with Crippen molar-refractivity contribution in [2.45, 2.75) is 40.3 Å². The Balaban J connectivity index is 1.47. The summed E-state index contributed by atoms with van der Waals surface area (Å²) in [5.41, 5.74) is 6.85. The van der Waals surface area contributed by atoms with E-state index in [2.05, 4.69) is 49.3 Å². The molecule has 0 bridgehead atoms. The number of nitrogens with zero attached hydrogens (tertiary/aromatic N) is 1. The highest BCUT2D eigenvalue weighted by Crippen LogP contribution is 2.33. The highest BCUT2D eigenvalue weighted by Gasteiger charge is 2.18. The van der Waals surface area contributed by atoms with Crippen molar-refractivity contribution >= 4 is 33.9 Å². The first-order valence-corrected chi connectivity index (χ1v) is 12.5. The van der Waals surface area contributed by atoms with Crippen molar-refractivity contribution in [1.82, 2.24) is 9.88 Å². The van der Waals surface area contributed by atoms with Crippen LogP contribution in [0.4, 0.5) is 5.69 Å². The molecular weight excluding hydrogens is 470 g/mol. The summed E-state index contributed by atoms with van der Waals surface area (Å²) >= 11 is 5.87. The summed E-state index contributed by atoms with van der Waals surface area (Å²) in [6.07, 6.45) is 0.935. The van der Waals surface area contributed by atoms with Gasteiger partial charge in [0.1, 0.15) is 0 Å². The van der Waals surface area contributed by atoms with Crippen LogP contribution in [0.15, 0.2) is 65.5 Å². The van der Waals surface area contributed by atoms with Crippen LogP contribution in [0.5, 0.6) is 11.5 Å². The quantitative estimate of drug-likeness (QED) is 0.325. The zero-order valence-electron chi connectivity index (χ0n) is 20.7. The summed E-state index contributed by atoms with van der Waals surface area (Å²) in [4.78, 5) is 18.1. The summed E-state index contributed by atoms with van der Waals surface area (Å²) in [5, 5.41) is 4.95. The summed E-state index contributed by atoms with van der Waals surface area (Å²) in [7, 11) is 0. The van der Waals surface area contributed by atoms with Crippen molar-refractivity contribution in [2.75, 3.05) is 12.1 Å². The van der Waals surface area contributed by atoms with Crippen LogP contribution in [0, 0.1) is 13.8 Å². The van der Waals surface area contributed by atoms with Gasteiger partial charge in [-0.2, -0.15) is 0 Å². The molecule has 1 aliphatic heterocycles. The summed E-state index contributed by atoms with van der Waals surface area (Å²) in [5.74, 6) is 1.45. The molecule has 3 aromatic carbocycles. The van der Waals surface area contributed by atoms with Gasteiger partial charge in [0.15, 0.2) is 16.6 Å². The van der Waals surface area contributed by atoms with Gasteiger partial charge in [0.25, 0.3) is 5.56 Å². The second-order valence-electron chi connectivity index (χ2n) is 9.19. The monoisotopic (exact) mass is 499 g/mol. The molecule has 0 aliphatic carbocycles. The Hall–Kier alpha value is -3.84. The Bertz CT molecular complexity index is 1510. The number of ether oxygens (including phenoxy) is 2. The minimum atomic E-state index is -0.114. The Kier molecular flexibility index (Phi) is 6.65. The van der Waals surface area contributed by atoms with Crippen LogP contribution in [-0.2, 0) is 19.5 Å². The van der Waals surface area contributed by atoms with E-state index in [0.29, 0.717) is 23.8 Å². The van der Waals surface area contributed by atoms with Crippen LogP contribution in [0.25, 0.3) is 10.9 Å². The van der Waals surface area contributed by atoms with Crippen molar-refractivity contribution in [2.24, 2.45) is 0 Å². The number of H-pyrrole nitrogens is 1. The van der Waals surface area contributed by atoms with E-state index in [4.69, 9.17) is 21.7 Å². The number of aromatic amines is 1. The van der Waals surface area contributed by atoms with E-state index < -0.39 is 0 Å². The highest BCUT2D eigenvalue weighted by atomic mass is 32.1. The molecule has 1 aliphatic rings. The molecule has 0 radical (unpaired) electrons. The number of hydrogen-bond acceptors (Lipinski definition) is 4. The maximum absolute atomic E-state index is 13.0. The van der Waals surface area contributed by atoms with Gasteiger partial charge in [-0.3, -0.25) is 4.79 Å². The van der Waals surface area contributed by atoms with E-state index in [-0.39, 0.29) is 12.4 Å². The van der Waals surface area contributed by atoms with Gasteiger partial charge in [0.2, 0.25) is 6.79 Å². The zero-order chi connectivity index (χ0) is 25.2. The average molecular weight is 500 g/mol. The maximum atomic E-state index is 13.0. The molecule has 2 heterocycles. The first kappa shape index (κ1) is 23.9. The van der Waals surface area contributed by atoms with Crippen LogP contribution < -0.4 is 20.3 Å². The van der Waals surface area contributed by atoms with E-state index in [0.717, 1.165) is 45.6 Å². The number of hydrogen-bond donors (Lipinski definition) is 2. The SMILES string of the molecule is CCc1ccc2[nH]c(=O)c(CN(Cc3ccc4c(c3)OCO4)C(=S)Nc3ccc(C)cc3C)cc2c1. The van der Waals surface area contributed by atoms with Gasteiger partial charge in [-0.1, -0.05) is 36.8 Å². The highest BCUT2D eigenvalue weighted by molar-refractivity contribution is 7.80. The maximum Gasteiger partial charge on any atom is 0.253 e. The molecule has 0 fully saturated rings.